The third-order valence-corrected chi connectivity index (χ3v) is 5.43. The zero-order valence-corrected chi connectivity index (χ0v) is 17.6. The summed E-state index contributed by atoms with van der Waals surface area (Å²) in [5, 5.41) is 11.6. The van der Waals surface area contributed by atoms with Crippen molar-refractivity contribution in [2.45, 2.75) is 19.4 Å². The minimum Gasteiger partial charge on any atom is -0.457 e. The normalized spacial score (nSPS) is 15.7. The molecule has 2 N–H and O–H groups in total. The maximum absolute atomic E-state index is 11.6. The lowest BCUT2D eigenvalue weighted by atomic mass is 10.2. The van der Waals surface area contributed by atoms with Crippen molar-refractivity contribution in [2.24, 2.45) is 0 Å². The summed E-state index contributed by atoms with van der Waals surface area (Å²) in [5.41, 5.74) is 0.635. The Labute approximate surface area is 185 Å². The molecule has 1 fully saturated rings. The molecule has 2 aromatic carbocycles. The molecule has 0 aliphatic carbocycles. The van der Waals surface area contributed by atoms with Crippen molar-refractivity contribution in [2.75, 3.05) is 18.4 Å². The first-order chi connectivity index (χ1) is 15.7. The molecule has 32 heavy (non-hydrogen) atoms. The molecule has 0 unspecified atom stereocenters. The van der Waals surface area contributed by atoms with E-state index in [1.54, 1.807) is 13.1 Å². The van der Waals surface area contributed by atoms with E-state index in [0.29, 0.717) is 29.5 Å². The van der Waals surface area contributed by atoms with Crippen LogP contribution in [0.1, 0.15) is 13.3 Å². The van der Waals surface area contributed by atoms with E-state index in [2.05, 4.69) is 20.5 Å². The van der Waals surface area contributed by atoms with Crippen molar-refractivity contribution < 1.29 is 14.3 Å². The predicted octanol–water partition coefficient (Wildman–Crippen LogP) is 4.58. The molecular formula is C24H23N5O3. The number of H-pyrrole nitrogens is 1. The average Bonchev–Trinajstić information content (AvgIpc) is 3.44. The highest BCUT2D eigenvalue weighted by Crippen LogP contribution is 2.34. The van der Waals surface area contributed by atoms with E-state index in [1.165, 1.54) is 0 Å². The summed E-state index contributed by atoms with van der Waals surface area (Å²) in [4.78, 5) is 17.8. The number of nitrogens with one attached hydrogen (secondary N) is 2. The Kier molecular flexibility index (Phi) is 5.33. The fraction of sp³-hybridized carbons (Fsp3) is 0.208. The Bertz CT molecular complexity index is 1220. The molecule has 0 spiro atoms. The van der Waals surface area contributed by atoms with Gasteiger partial charge in [-0.1, -0.05) is 18.2 Å². The fourth-order valence-electron chi connectivity index (χ4n) is 3.80. The second-order valence-corrected chi connectivity index (χ2v) is 7.69. The number of benzene rings is 2. The molecule has 0 saturated carbocycles. The summed E-state index contributed by atoms with van der Waals surface area (Å²) >= 11 is 0. The summed E-state index contributed by atoms with van der Waals surface area (Å²) < 4.78 is 12.0. The van der Waals surface area contributed by atoms with E-state index >= 15 is 0 Å². The van der Waals surface area contributed by atoms with E-state index in [1.807, 2.05) is 65.6 Å². The van der Waals surface area contributed by atoms with Crippen molar-refractivity contribution in [3.63, 3.8) is 0 Å². The number of hydrogen-bond acceptors (Lipinski definition) is 6. The monoisotopic (exact) mass is 429 g/mol. The van der Waals surface area contributed by atoms with Crippen LogP contribution in [0.2, 0.25) is 0 Å². The Morgan fingerprint density at radius 3 is 2.47 bits per heavy atom. The topological polar surface area (TPSA) is 92.4 Å². The van der Waals surface area contributed by atoms with Gasteiger partial charge in [0.25, 0.3) is 0 Å². The van der Waals surface area contributed by atoms with E-state index in [0.717, 1.165) is 29.9 Å². The second kappa shape index (κ2) is 8.58. The molecule has 8 nitrogen and oxygen atoms in total. The van der Waals surface area contributed by atoms with Crippen LogP contribution in [0.25, 0.3) is 11.0 Å². The number of pyridine rings is 1. The Morgan fingerprint density at radius 2 is 1.75 bits per heavy atom. The summed E-state index contributed by atoms with van der Waals surface area (Å²) in [6.45, 7) is 3.00. The molecule has 3 heterocycles. The maximum atomic E-state index is 11.6. The number of para-hydroxylation sites is 1. The molecule has 1 aliphatic heterocycles. The molecule has 1 aliphatic rings. The third kappa shape index (κ3) is 4.20. The first kappa shape index (κ1) is 19.9. The molecule has 5 rings (SSSR count). The number of carbonyl (C=O) groups is 1. The molecule has 0 bridgehead atoms. The summed E-state index contributed by atoms with van der Waals surface area (Å²) in [6, 6.07) is 19.0. The fourth-order valence-corrected chi connectivity index (χ4v) is 3.80. The lowest BCUT2D eigenvalue weighted by Crippen LogP contribution is -2.29. The summed E-state index contributed by atoms with van der Waals surface area (Å²) in [6.07, 6.45) is 2.55. The van der Waals surface area contributed by atoms with Crippen LogP contribution in [0.5, 0.6) is 23.0 Å². The van der Waals surface area contributed by atoms with Gasteiger partial charge in [0.05, 0.1) is 0 Å². The predicted molar refractivity (Wildman–Crippen MR) is 121 cm³/mol. The zero-order chi connectivity index (χ0) is 21.9. The second-order valence-electron chi connectivity index (χ2n) is 7.69. The largest absolute Gasteiger partial charge is 0.457 e. The number of aromatic nitrogens is 3. The number of anilines is 1. The molecule has 1 atom stereocenters. The first-order valence-electron chi connectivity index (χ1n) is 10.5. The summed E-state index contributed by atoms with van der Waals surface area (Å²) in [7, 11) is 0. The van der Waals surface area contributed by atoms with Gasteiger partial charge in [-0.05, 0) is 42.8 Å². The molecular weight excluding hydrogens is 406 g/mol. The molecule has 1 amide bonds. The van der Waals surface area contributed by atoms with Crippen molar-refractivity contribution in [3.05, 3.63) is 66.9 Å². The van der Waals surface area contributed by atoms with Crippen LogP contribution in [-0.4, -0.2) is 45.1 Å². The standard InChI is InChI=1S/C24H23N5O3/c1-16(30)29-14-12-17(15-29)26-24-22-21(11-13-25-23(22)27-28-24)32-20-9-7-19(8-10-20)31-18-5-3-2-4-6-18/h2-11,13,17H,12,14-15H2,1H3,(H2,25,26,27,28)/t17-/m1/s1. The van der Waals surface area contributed by atoms with Crippen LogP contribution in [0.15, 0.2) is 66.9 Å². The van der Waals surface area contributed by atoms with Gasteiger partial charge in [-0.25, -0.2) is 4.98 Å². The Balaban J connectivity index is 1.33. The van der Waals surface area contributed by atoms with E-state index in [-0.39, 0.29) is 11.9 Å². The number of carbonyl (C=O) groups excluding carboxylic acids is 1. The average molecular weight is 429 g/mol. The van der Waals surface area contributed by atoms with Crippen molar-refractivity contribution >= 4 is 22.8 Å². The van der Waals surface area contributed by atoms with Crippen molar-refractivity contribution in [1.82, 2.24) is 20.1 Å². The van der Waals surface area contributed by atoms with Gasteiger partial charge in [-0.3, -0.25) is 9.89 Å². The van der Waals surface area contributed by atoms with Gasteiger partial charge in [-0.2, -0.15) is 5.10 Å². The highest BCUT2D eigenvalue weighted by molar-refractivity contribution is 5.93. The number of rotatable bonds is 6. The first-order valence-corrected chi connectivity index (χ1v) is 10.5. The number of fused-ring (bicyclic) bond motifs is 1. The molecule has 1 saturated heterocycles. The minimum absolute atomic E-state index is 0.0894. The van der Waals surface area contributed by atoms with Gasteiger partial charge in [-0.15, -0.1) is 0 Å². The van der Waals surface area contributed by atoms with E-state index < -0.39 is 0 Å². The highest BCUT2D eigenvalue weighted by atomic mass is 16.5. The van der Waals surface area contributed by atoms with Crippen LogP contribution >= 0.6 is 0 Å². The number of hydrogen-bond donors (Lipinski definition) is 2. The van der Waals surface area contributed by atoms with Gasteiger partial charge in [0, 0.05) is 38.3 Å². The lowest BCUT2D eigenvalue weighted by Gasteiger charge is -2.15. The maximum Gasteiger partial charge on any atom is 0.219 e. The molecule has 8 heteroatoms. The smallest absolute Gasteiger partial charge is 0.219 e. The van der Waals surface area contributed by atoms with Crippen LogP contribution in [-0.2, 0) is 4.79 Å². The molecule has 162 valence electrons. The molecule has 0 radical (unpaired) electrons. The van der Waals surface area contributed by atoms with Crippen molar-refractivity contribution in [1.29, 1.82) is 0 Å². The van der Waals surface area contributed by atoms with E-state index in [9.17, 15) is 4.79 Å². The molecule has 4 aromatic rings. The van der Waals surface area contributed by atoms with Gasteiger partial charge in [0.15, 0.2) is 11.5 Å². The number of aromatic amines is 1. The Hall–Kier alpha value is -4.07. The van der Waals surface area contributed by atoms with Crippen LogP contribution in [0, 0.1) is 0 Å². The van der Waals surface area contributed by atoms with Crippen LogP contribution < -0.4 is 14.8 Å². The molecule has 2 aromatic heterocycles. The number of ether oxygens (including phenoxy) is 2. The highest BCUT2D eigenvalue weighted by Gasteiger charge is 2.25. The lowest BCUT2D eigenvalue weighted by molar-refractivity contribution is -0.127. The zero-order valence-electron chi connectivity index (χ0n) is 17.6. The van der Waals surface area contributed by atoms with Crippen LogP contribution in [0.3, 0.4) is 0 Å². The summed E-state index contributed by atoms with van der Waals surface area (Å²) in [5.74, 6) is 3.58. The SMILES string of the molecule is CC(=O)N1CC[C@@H](Nc2n[nH]c3nccc(Oc4ccc(Oc5ccccc5)cc4)c23)C1. The van der Waals surface area contributed by atoms with E-state index in [4.69, 9.17) is 9.47 Å². The van der Waals surface area contributed by atoms with Gasteiger partial charge < -0.3 is 19.7 Å². The quantitative estimate of drug-likeness (QED) is 0.466. The van der Waals surface area contributed by atoms with Gasteiger partial charge in [0.1, 0.15) is 28.4 Å². The third-order valence-electron chi connectivity index (χ3n) is 5.43. The van der Waals surface area contributed by atoms with Gasteiger partial charge in [0.2, 0.25) is 5.91 Å². The number of likely N-dealkylation sites (tertiary alicyclic amines) is 1. The number of nitrogens with zero attached hydrogens (tertiary/aromatic N) is 3. The van der Waals surface area contributed by atoms with Crippen LogP contribution in [0.4, 0.5) is 5.82 Å². The van der Waals surface area contributed by atoms with Crippen molar-refractivity contribution in [3.8, 4) is 23.0 Å². The number of amides is 1. The Morgan fingerprint density at radius 1 is 1.03 bits per heavy atom. The van der Waals surface area contributed by atoms with Gasteiger partial charge >= 0.3 is 0 Å². The minimum atomic E-state index is 0.0894.